The number of carbonyl (C=O) groups is 2. The Morgan fingerprint density at radius 2 is 1.24 bits per heavy atom. The number of rotatable bonds is 6. The van der Waals surface area contributed by atoms with Gasteiger partial charge in [0.25, 0.3) is 5.91 Å². The van der Waals surface area contributed by atoms with Crippen molar-refractivity contribution in [3.63, 3.8) is 0 Å². The number of aryl methyl sites for hydroxylation is 2. The third kappa shape index (κ3) is 5.92. The van der Waals surface area contributed by atoms with Crippen molar-refractivity contribution >= 4 is 29.5 Å². The largest absolute Gasteiger partial charge is 0.495 e. The monoisotopic (exact) mass is 631 g/mol. The molecule has 1 saturated heterocycles. The quantitative estimate of drug-likeness (QED) is 0.128. The fraction of sp³-hybridized carbons (Fsp3) is 0.200. The summed E-state index contributed by atoms with van der Waals surface area (Å²) in [5, 5.41) is 4.01. The van der Waals surface area contributed by atoms with E-state index in [1.54, 1.807) is 50.2 Å². The van der Waals surface area contributed by atoms with Crippen molar-refractivity contribution in [2.75, 3.05) is 24.0 Å². The molecule has 0 aliphatic carbocycles. The molecule has 1 fully saturated rings. The van der Waals surface area contributed by atoms with Crippen LogP contribution < -0.4 is 19.3 Å². The van der Waals surface area contributed by atoms with E-state index in [4.69, 9.17) is 9.47 Å². The highest BCUT2D eigenvalue weighted by Crippen LogP contribution is 2.41. The van der Waals surface area contributed by atoms with Crippen molar-refractivity contribution in [3.8, 4) is 22.9 Å². The Bertz CT molecular complexity index is 1810. The minimum atomic E-state index is -5.08. The maximum atomic E-state index is 14.0. The Balaban J connectivity index is 1.66. The van der Waals surface area contributed by atoms with E-state index in [1.165, 1.54) is 14.2 Å². The molecule has 15 heteroatoms. The van der Waals surface area contributed by atoms with Gasteiger partial charge < -0.3 is 9.47 Å². The molecule has 1 aliphatic heterocycles. The summed E-state index contributed by atoms with van der Waals surface area (Å²) in [6.45, 7) is 3.50. The van der Waals surface area contributed by atoms with E-state index in [9.17, 15) is 35.9 Å². The Morgan fingerprint density at radius 3 is 1.73 bits per heavy atom. The van der Waals surface area contributed by atoms with E-state index in [-0.39, 0.29) is 34.6 Å². The second-order valence-electron chi connectivity index (χ2n) is 9.97. The third-order valence-corrected chi connectivity index (χ3v) is 6.81. The first-order valence-electron chi connectivity index (χ1n) is 13.0. The van der Waals surface area contributed by atoms with Gasteiger partial charge in [0.1, 0.15) is 23.5 Å². The minimum Gasteiger partial charge on any atom is -0.495 e. The van der Waals surface area contributed by atoms with Crippen LogP contribution in [0.3, 0.4) is 0 Å². The normalized spacial score (nSPS) is 14.9. The lowest BCUT2D eigenvalue weighted by molar-refractivity contribution is -0.143. The van der Waals surface area contributed by atoms with E-state index in [0.717, 1.165) is 27.0 Å². The van der Waals surface area contributed by atoms with Crippen LogP contribution in [-0.4, -0.2) is 40.9 Å². The number of methoxy groups -OCH3 is 2. The molecule has 1 aromatic heterocycles. The van der Waals surface area contributed by atoms with Crippen LogP contribution in [0.15, 0.2) is 66.6 Å². The highest BCUT2D eigenvalue weighted by Gasteiger charge is 2.45. The number of hydrogen-bond donors (Lipinski definition) is 0. The van der Waals surface area contributed by atoms with Crippen LogP contribution in [0.5, 0.6) is 11.5 Å². The summed E-state index contributed by atoms with van der Waals surface area (Å²) in [7, 11) is 2.74. The number of ether oxygens (including phenoxy) is 2. The molecular weight excluding hydrogens is 608 g/mol. The van der Waals surface area contributed by atoms with Gasteiger partial charge in [-0.25, -0.2) is 19.4 Å². The number of carbonyl (C=O) groups excluding carboxylic acids is 2. The number of anilines is 2. The Kier molecular flexibility index (Phi) is 7.81. The van der Waals surface area contributed by atoms with Gasteiger partial charge in [0.15, 0.2) is 5.82 Å². The number of nitrogens with zero attached hydrogens (tertiary/aromatic N) is 5. The first kappa shape index (κ1) is 31.1. The second-order valence-corrected chi connectivity index (χ2v) is 9.97. The fourth-order valence-electron chi connectivity index (χ4n) is 4.69. The lowest BCUT2D eigenvalue weighted by Crippen LogP contribution is -2.33. The van der Waals surface area contributed by atoms with Gasteiger partial charge in [0.05, 0.1) is 42.9 Å². The zero-order valence-electron chi connectivity index (χ0n) is 24.0. The third-order valence-electron chi connectivity index (χ3n) is 6.81. The molecule has 0 atom stereocenters. The van der Waals surface area contributed by atoms with Gasteiger partial charge in [-0.1, -0.05) is 12.1 Å². The predicted octanol–water partition coefficient (Wildman–Crippen LogP) is 7.09. The van der Waals surface area contributed by atoms with Gasteiger partial charge in [-0.3, -0.25) is 9.69 Å². The topological polar surface area (TPSA) is 89.8 Å². The van der Waals surface area contributed by atoms with E-state index in [1.807, 2.05) is 0 Å². The molecule has 0 spiro atoms. The highest BCUT2D eigenvalue weighted by molar-refractivity contribution is 6.35. The Morgan fingerprint density at radius 1 is 0.733 bits per heavy atom. The molecule has 9 nitrogen and oxygen atoms in total. The number of urea groups is 1. The van der Waals surface area contributed by atoms with Crippen LogP contribution in [0, 0.1) is 13.8 Å². The summed E-state index contributed by atoms with van der Waals surface area (Å²) in [5.41, 5.74) is -2.18. The van der Waals surface area contributed by atoms with Crippen molar-refractivity contribution in [1.29, 1.82) is 0 Å². The number of alkyl halides is 6. The minimum absolute atomic E-state index is 0.00740. The van der Waals surface area contributed by atoms with E-state index in [0.29, 0.717) is 23.3 Å². The zero-order chi connectivity index (χ0) is 32.8. The SMILES string of the molecule is COc1ccc(C)cc1N1C(=O)/C(=C/n2cnc(-c3cc(C(F)(F)F)cc(C(F)(F)F)c3)n2)N(c2cc(C)ccc2OC)C1=O. The average Bonchev–Trinajstić information content (AvgIpc) is 3.53. The second kappa shape index (κ2) is 11.3. The number of hydrogen-bond acceptors (Lipinski definition) is 6. The number of benzene rings is 3. The van der Waals surface area contributed by atoms with Gasteiger partial charge in [-0.2, -0.15) is 26.3 Å². The van der Waals surface area contributed by atoms with Gasteiger partial charge in [0, 0.05) is 5.56 Å². The highest BCUT2D eigenvalue weighted by atomic mass is 19.4. The summed E-state index contributed by atoms with van der Waals surface area (Å²) in [4.78, 5) is 33.7. The molecule has 0 saturated carbocycles. The van der Waals surface area contributed by atoms with Gasteiger partial charge >= 0.3 is 18.4 Å². The van der Waals surface area contributed by atoms with Crippen molar-refractivity contribution in [2.45, 2.75) is 26.2 Å². The summed E-state index contributed by atoms with van der Waals surface area (Å²) < 4.78 is 92.4. The fourth-order valence-corrected chi connectivity index (χ4v) is 4.69. The molecule has 3 amide bonds. The Labute approximate surface area is 251 Å². The van der Waals surface area contributed by atoms with E-state index < -0.39 is 46.8 Å². The van der Waals surface area contributed by atoms with Gasteiger partial charge in [-0.05, 0) is 67.4 Å². The number of halogens is 6. The lowest BCUT2D eigenvalue weighted by Gasteiger charge is -2.21. The van der Waals surface area contributed by atoms with Crippen LogP contribution in [0.25, 0.3) is 17.6 Å². The lowest BCUT2D eigenvalue weighted by atomic mass is 10.0. The van der Waals surface area contributed by atoms with Crippen LogP contribution in [0.4, 0.5) is 42.5 Å². The summed E-state index contributed by atoms with van der Waals surface area (Å²) in [6.07, 6.45) is -8.09. The molecule has 4 aromatic rings. The maximum Gasteiger partial charge on any atom is 0.416 e. The number of aromatic nitrogens is 3. The molecule has 0 radical (unpaired) electrons. The molecule has 0 N–H and O–H groups in total. The Hall–Kier alpha value is -5.34. The van der Waals surface area contributed by atoms with Crippen molar-refractivity contribution < 1.29 is 45.4 Å². The number of imide groups is 1. The molecular formula is C30H23F6N5O4. The molecule has 5 rings (SSSR count). The van der Waals surface area contributed by atoms with Crippen LogP contribution in [0.1, 0.15) is 22.3 Å². The molecule has 0 unspecified atom stereocenters. The van der Waals surface area contributed by atoms with Gasteiger partial charge in [-0.15, -0.1) is 5.10 Å². The molecule has 234 valence electrons. The van der Waals surface area contributed by atoms with E-state index >= 15 is 0 Å². The van der Waals surface area contributed by atoms with Crippen molar-refractivity contribution in [1.82, 2.24) is 14.8 Å². The summed E-state index contributed by atoms with van der Waals surface area (Å²) in [5.74, 6) is -0.874. The number of amides is 3. The molecule has 3 aromatic carbocycles. The molecule has 2 heterocycles. The molecule has 0 bridgehead atoms. The standard InChI is InChI=1S/C30H23F6N5O4/c1-16-5-7-24(44-3)21(9-16)40-23(27(42)41(28(40)43)22-10-17(2)6-8-25(22)45-4)14-39-15-37-26(38-39)18-11-19(29(31,32)33)13-20(12-18)30(34,35)36/h5-15H,1-4H3/b23-14-. The predicted molar refractivity (Wildman–Crippen MR) is 151 cm³/mol. The first-order chi connectivity index (χ1) is 21.1. The van der Waals surface area contributed by atoms with Gasteiger partial charge in [0.2, 0.25) is 0 Å². The zero-order valence-corrected chi connectivity index (χ0v) is 24.0. The van der Waals surface area contributed by atoms with Crippen molar-refractivity contribution in [2.24, 2.45) is 0 Å². The summed E-state index contributed by atoms with van der Waals surface area (Å²) >= 11 is 0. The smallest absolute Gasteiger partial charge is 0.416 e. The molecule has 45 heavy (non-hydrogen) atoms. The van der Waals surface area contributed by atoms with E-state index in [2.05, 4.69) is 10.1 Å². The maximum absolute atomic E-state index is 14.0. The summed E-state index contributed by atoms with van der Waals surface area (Å²) in [6, 6.07) is 9.95. The first-order valence-corrected chi connectivity index (χ1v) is 13.0. The van der Waals surface area contributed by atoms with Crippen LogP contribution in [0.2, 0.25) is 0 Å². The average molecular weight is 632 g/mol. The molecule has 1 aliphatic rings. The van der Waals surface area contributed by atoms with Crippen LogP contribution >= 0.6 is 0 Å². The van der Waals surface area contributed by atoms with Crippen LogP contribution in [-0.2, 0) is 17.1 Å². The van der Waals surface area contributed by atoms with Crippen molar-refractivity contribution in [3.05, 3.63) is 88.9 Å².